The summed E-state index contributed by atoms with van der Waals surface area (Å²) in [7, 11) is 0. The first-order chi connectivity index (χ1) is 14.8. The molecule has 1 aliphatic carbocycles. The number of ether oxygens (including phenoxy) is 1. The van der Waals surface area contributed by atoms with E-state index in [2.05, 4.69) is 67.3 Å². The maximum absolute atomic E-state index is 5.65. The molecule has 1 heterocycles. The first-order valence-electron chi connectivity index (χ1n) is 12.1. The number of para-hydroxylation sites is 1. The number of benzene rings is 2. The van der Waals surface area contributed by atoms with E-state index < -0.39 is 0 Å². The number of rotatable bonds is 9. The van der Waals surface area contributed by atoms with Gasteiger partial charge in [0.2, 0.25) is 0 Å². The molecule has 1 unspecified atom stereocenters. The Morgan fingerprint density at radius 2 is 1.63 bits per heavy atom. The van der Waals surface area contributed by atoms with E-state index in [1.54, 1.807) is 16.0 Å². The van der Waals surface area contributed by atoms with Gasteiger partial charge in [-0.15, -0.1) is 0 Å². The number of nitrogens with zero attached hydrogens (tertiary/aromatic N) is 1. The van der Waals surface area contributed by atoms with Crippen LogP contribution in [-0.4, -0.2) is 44.9 Å². The van der Waals surface area contributed by atoms with E-state index in [1.165, 1.54) is 62.9 Å². The Morgan fingerprint density at radius 3 is 2.30 bits per heavy atom. The summed E-state index contributed by atoms with van der Waals surface area (Å²) in [5, 5.41) is 0. The average Bonchev–Trinajstić information content (AvgIpc) is 3.21. The molecule has 1 atom stereocenters. The van der Waals surface area contributed by atoms with Gasteiger partial charge in [0, 0.05) is 24.7 Å². The van der Waals surface area contributed by atoms with Crippen molar-refractivity contribution in [2.24, 2.45) is 0 Å². The highest BCUT2D eigenvalue weighted by atomic mass is 16.5. The van der Waals surface area contributed by atoms with E-state index in [0.717, 1.165) is 25.8 Å². The number of anilines is 1. The van der Waals surface area contributed by atoms with Crippen molar-refractivity contribution in [2.45, 2.75) is 64.5 Å². The second-order valence-corrected chi connectivity index (χ2v) is 9.21. The largest absolute Gasteiger partial charge is 0.370 e. The summed E-state index contributed by atoms with van der Waals surface area (Å²) in [6.45, 7) is 9.95. The van der Waals surface area contributed by atoms with E-state index in [1.807, 2.05) is 0 Å². The van der Waals surface area contributed by atoms with Gasteiger partial charge in [-0.05, 0) is 55.4 Å². The molecule has 3 nitrogen and oxygen atoms in total. The average molecular weight is 408 g/mol. The van der Waals surface area contributed by atoms with Crippen LogP contribution in [-0.2, 0) is 17.6 Å². The molecular weight excluding hydrogens is 368 g/mol. The lowest BCUT2D eigenvalue weighted by Crippen LogP contribution is -3.17. The van der Waals surface area contributed by atoms with Gasteiger partial charge in [-0.2, -0.15) is 0 Å². The number of morpholine rings is 1. The third-order valence-electron chi connectivity index (χ3n) is 7.23. The van der Waals surface area contributed by atoms with Crippen LogP contribution in [0.15, 0.2) is 48.5 Å². The van der Waals surface area contributed by atoms with Crippen LogP contribution in [0.4, 0.5) is 5.69 Å². The Labute approximate surface area is 183 Å². The fraction of sp³-hybridized carbons (Fsp3) is 0.556. The number of quaternary nitrogens is 1. The first kappa shape index (κ1) is 21.4. The van der Waals surface area contributed by atoms with Crippen molar-refractivity contribution in [3.8, 4) is 0 Å². The lowest BCUT2D eigenvalue weighted by atomic mass is 10.0. The van der Waals surface area contributed by atoms with Crippen LogP contribution < -0.4 is 9.80 Å². The van der Waals surface area contributed by atoms with Gasteiger partial charge in [0.15, 0.2) is 0 Å². The van der Waals surface area contributed by atoms with Gasteiger partial charge in [-0.3, -0.25) is 0 Å². The second kappa shape index (κ2) is 10.5. The zero-order valence-electron chi connectivity index (χ0n) is 18.9. The molecule has 30 heavy (non-hydrogen) atoms. The summed E-state index contributed by atoms with van der Waals surface area (Å²) in [4.78, 5) is 4.52. The predicted molar refractivity (Wildman–Crippen MR) is 126 cm³/mol. The summed E-state index contributed by atoms with van der Waals surface area (Å²) < 4.78 is 5.65. The standard InChI is InChI=1S/C27H38N2O/c1-3-4-12-25(28-16-18-30-19-17-28)14-15-29(27-13-8-5-9-22(27)2)26-20-23-10-6-7-11-24(23)21-26/h5-11,13,25-26H,3-4,12,14-21H2,1-2H3/p+1. The molecule has 0 aromatic heterocycles. The monoisotopic (exact) mass is 407 g/mol. The minimum absolute atomic E-state index is 0.579. The molecule has 2 aromatic carbocycles. The van der Waals surface area contributed by atoms with Crippen LogP contribution in [0.1, 0.15) is 49.3 Å². The number of fused-ring (bicyclic) bond motifs is 1. The molecule has 0 radical (unpaired) electrons. The third-order valence-corrected chi connectivity index (χ3v) is 7.23. The van der Waals surface area contributed by atoms with Crippen molar-refractivity contribution < 1.29 is 9.64 Å². The molecule has 0 bridgehead atoms. The van der Waals surface area contributed by atoms with Crippen LogP contribution in [0.3, 0.4) is 0 Å². The molecule has 1 N–H and O–H groups in total. The first-order valence-corrected chi connectivity index (χ1v) is 12.1. The van der Waals surface area contributed by atoms with Crippen molar-refractivity contribution >= 4 is 5.69 Å². The second-order valence-electron chi connectivity index (χ2n) is 9.21. The zero-order valence-corrected chi connectivity index (χ0v) is 18.9. The molecule has 2 aromatic rings. The normalized spacial score (nSPS) is 18.3. The van der Waals surface area contributed by atoms with Crippen molar-refractivity contribution in [1.29, 1.82) is 0 Å². The molecule has 1 fully saturated rings. The number of hydrogen-bond donors (Lipinski definition) is 1. The quantitative estimate of drug-likeness (QED) is 0.680. The van der Waals surface area contributed by atoms with Crippen LogP contribution in [0, 0.1) is 6.92 Å². The number of aryl methyl sites for hydroxylation is 1. The highest BCUT2D eigenvalue weighted by Gasteiger charge is 2.30. The Kier molecular flexibility index (Phi) is 7.46. The van der Waals surface area contributed by atoms with E-state index in [4.69, 9.17) is 4.74 Å². The van der Waals surface area contributed by atoms with E-state index >= 15 is 0 Å². The van der Waals surface area contributed by atoms with E-state index in [0.29, 0.717) is 6.04 Å². The molecule has 0 saturated carbocycles. The van der Waals surface area contributed by atoms with Crippen LogP contribution in [0.25, 0.3) is 0 Å². The zero-order chi connectivity index (χ0) is 20.8. The topological polar surface area (TPSA) is 16.9 Å². The molecule has 4 rings (SSSR count). The minimum atomic E-state index is 0.579. The maximum atomic E-state index is 5.65. The highest BCUT2D eigenvalue weighted by molar-refractivity contribution is 5.55. The SMILES string of the molecule is CCCCC(CCN(c1ccccc1C)C1Cc2ccccc2C1)[NH+]1CCOCC1. The van der Waals surface area contributed by atoms with E-state index in [9.17, 15) is 0 Å². The van der Waals surface area contributed by atoms with Gasteiger partial charge < -0.3 is 14.5 Å². The fourth-order valence-electron chi connectivity index (χ4n) is 5.48. The Bertz CT molecular complexity index is 774. The van der Waals surface area contributed by atoms with Gasteiger partial charge in [-0.25, -0.2) is 0 Å². The van der Waals surface area contributed by atoms with Gasteiger partial charge in [0.05, 0.1) is 19.3 Å². The fourth-order valence-corrected chi connectivity index (χ4v) is 5.48. The maximum Gasteiger partial charge on any atom is 0.101 e. The summed E-state index contributed by atoms with van der Waals surface area (Å²) in [5.41, 5.74) is 5.92. The van der Waals surface area contributed by atoms with Crippen molar-refractivity contribution in [3.63, 3.8) is 0 Å². The Morgan fingerprint density at radius 1 is 0.967 bits per heavy atom. The van der Waals surface area contributed by atoms with Gasteiger partial charge in [0.1, 0.15) is 13.1 Å². The smallest absolute Gasteiger partial charge is 0.101 e. The number of hydrogen-bond acceptors (Lipinski definition) is 2. The lowest BCUT2D eigenvalue weighted by Gasteiger charge is -2.36. The highest BCUT2D eigenvalue weighted by Crippen LogP contribution is 2.31. The minimum Gasteiger partial charge on any atom is -0.370 e. The molecule has 1 saturated heterocycles. The Hall–Kier alpha value is -1.84. The van der Waals surface area contributed by atoms with Crippen LogP contribution >= 0.6 is 0 Å². The number of unbranched alkanes of at least 4 members (excludes halogenated alkanes) is 1. The molecule has 0 amide bonds. The molecule has 0 spiro atoms. The summed E-state index contributed by atoms with van der Waals surface area (Å²) >= 11 is 0. The summed E-state index contributed by atoms with van der Waals surface area (Å²) in [6, 6.07) is 19.4. The summed E-state index contributed by atoms with van der Waals surface area (Å²) in [6.07, 6.45) is 7.60. The van der Waals surface area contributed by atoms with Crippen LogP contribution in [0.5, 0.6) is 0 Å². The summed E-state index contributed by atoms with van der Waals surface area (Å²) in [5.74, 6) is 0. The molecule has 162 valence electrons. The molecular formula is C27H39N2O+. The van der Waals surface area contributed by atoms with Crippen molar-refractivity contribution in [3.05, 3.63) is 65.2 Å². The molecule has 1 aliphatic heterocycles. The number of nitrogens with one attached hydrogen (secondary N) is 1. The Balaban J connectivity index is 1.51. The lowest BCUT2D eigenvalue weighted by molar-refractivity contribution is -0.933. The van der Waals surface area contributed by atoms with Crippen molar-refractivity contribution in [1.82, 2.24) is 0 Å². The molecule has 2 aliphatic rings. The van der Waals surface area contributed by atoms with E-state index in [-0.39, 0.29) is 0 Å². The van der Waals surface area contributed by atoms with Crippen LogP contribution in [0.2, 0.25) is 0 Å². The van der Waals surface area contributed by atoms with Gasteiger partial charge in [-0.1, -0.05) is 55.8 Å². The predicted octanol–water partition coefficient (Wildman–Crippen LogP) is 3.83. The van der Waals surface area contributed by atoms with Gasteiger partial charge >= 0.3 is 0 Å². The third kappa shape index (κ3) is 5.07. The van der Waals surface area contributed by atoms with Gasteiger partial charge in [0.25, 0.3) is 0 Å². The van der Waals surface area contributed by atoms with Crippen molar-refractivity contribution in [2.75, 3.05) is 37.7 Å². The molecule has 3 heteroatoms.